The molecule has 7 heteroatoms. The van der Waals surface area contributed by atoms with Crippen molar-refractivity contribution in [1.82, 2.24) is 9.80 Å². The quantitative estimate of drug-likeness (QED) is 0.719. The van der Waals surface area contributed by atoms with Crippen LogP contribution in [0.5, 0.6) is 0 Å². The molecule has 1 heterocycles. The second kappa shape index (κ2) is 7.32. The molecule has 6 nitrogen and oxygen atoms in total. The highest BCUT2D eigenvalue weighted by Gasteiger charge is 2.55. The lowest BCUT2D eigenvalue weighted by atomic mass is 9.49. The lowest BCUT2D eigenvalue weighted by molar-refractivity contribution is -0.159. The topological polar surface area (TPSA) is 74.8 Å². The standard InChI is InChI=1S/C24H32N2O4S/c1-16-3-4-20(31(2,29)30)12-21(16)22(27)25-5-7-26(8-6-25)23(28)24-13-17-9-18(14-24)11-19(10-17)15-24/h3-4,12,17-19H,5-11,13-15H2,1-2H3. The van der Waals surface area contributed by atoms with Gasteiger partial charge >= 0.3 is 0 Å². The van der Waals surface area contributed by atoms with E-state index in [0.717, 1.165) is 48.8 Å². The molecule has 4 aliphatic carbocycles. The third-order valence-electron chi connectivity index (χ3n) is 8.21. The number of carbonyl (C=O) groups excluding carboxylic acids is 2. The van der Waals surface area contributed by atoms with Gasteiger partial charge in [-0.3, -0.25) is 9.59 Å². The van der Waals surface area contributed by atoms with Crippen LogP contribution in [0.2, 0.25) is 0 Å². The summed E-state index contributed by atoms with van der Waals surface area (Å²) in [5, 5.41) is 0. The minimum Gasteiger partial charge on any atom is -0.339 e. The van der Waals surface area contributed by atoms with Crippen molar-refractivity contribution in [1.29, 1.82) is 0 Å². The molecule has 1 aromatic rings. The molecule has 1 aromatic carbocycles. The second-order valence-electron chi connectivity index (χ2n) is 10.5. The Bertz CT molecular complexity index is 989. The summed E-state index contributed by atoms with van der Waals surface area (Å²) in [5.74, 6) is 2.40. The molecule has 2 amide bonds. The van der Waals surface area contributed by atoms with Gasteiger partial charge in [0, 0.05) is 38.0 Å². The van der Waals surface area contributed by atoms with Crippen molar-refractivity contribution in [2.24, 2.45) is 23.2 Å². The number of rotatable bonds is 3. The van der Waals surface area contributed by atoms with E-state index in [2.05, 4.69) is 0 Å². The Morgan fingerprint density at radius 1 is 0.903 bits per heavy atom. The van der Waals surface area contributed by atoms with Gasteiger partial charge in [0.25, 0.3) is 5.91 Å². The number of aryl methyl sites for hydroxylation is 1. The summed E-state index contributed by atoms with van der Waals surface area (Å²) in [6.07, 6.45) is 8.31. The third kappa shape index (κ3) is 3.69. The Kier molecular flexibility index (Phi) is 4.96. The fourth-order valence-corrected chi connectivity index (χ4v) is 7.70. The summed E-state index contributed by atoms with van der Waals surface area (Å²) >= 11 is 0. The van der Waals surface area contributed by atoms with Crippen LogP contribution >= 0.6 is 0 Å². The Morgan fingerprint density at radius 2 is 1.42 bits per heavy atom. The van der Waals surface area contributed by atoms with Crippen LogP contribution in [0, 0.1) is 30.1 Å². The Balaban J connectivity index is 1.27. The first-order valence-electron chi connectivity index (χ1n) is 11.5. The zero-order valence-electron chi connectivity index (χ0n) is 18.5. The van der Waals surface area contributed by atoms with Crippen LogP contribution < -0.4 is 0 Å². The Labute approximate surface area is 184 Å². The van der Waals surface area contributed by atoms with E-state index in [-0.39, 0.29) is 16.2 Å². The number of piperazine rings is 1. The molecule has 5 aliphatic rings. The lowest BCUT2D eigenvalue weighted by Gasteiger charge is -2.57. The number of amides is 2. The molecule has 0 aromatic heterocycles. The Morgan fingerprint density at radius 3 is 1.94 bits per heavy atom. The van der Waals surface area contributed by atoms with E-state index in [0.29, 0.717) is 37.6 Å². The number of carbonyl (C=O) groups is 2. The predicted molar refractivity (Wildman–Crippen MR) is 117 cm³/mol. The third-order valence-corrected chi connectivity index (χ3v) is 9.32. The number of nitrogens with zero attached hydrogens (tertiary/aromatic N) is 2. The molecule has 4 bridgehead atoms. The van der Waals surface area contributed by atoms with Crippen molar-refractivity contribution in [2.45, 2.75) is 50.3 Å². The van der Waals surface area contributed by atoms with Crippen LogP contribution in [0.3, 0.4) is 0 Å². The minimum atomic E-state index is -3.37. The zero-order valence-corrected chi connectivity index (χ0v) is 19.3. The van der Waals surface area contributed by atoms with Crippen molar-refractivity contribution >= 4 is 21.7 Å². The van der Waals surface area contributed by atoms with Gasteiger partial charge in [-0.25, -0.2) is 8.42 Å². The van der Waals surface area contributed by atoms with Crippen molar-refractivity contribution in [3.05, 3.63) is 29.3 Å². The summed E-state index contributed by atoms with van der Waals surface area (Å²) in [5.41, 5.74) is 1.06. The number of sulfone groups is 1. The van der Waals surface area contributed by atoms with Gasteiger partial charge in [0.1, 0.15) is 0 Å². The van der Waals surface area contributed by atoms with Crippen molar-refractivity contribution < 1.29 is 18.0 Å². The number of hydrogen-bond donors (Lipinski definition) is 0. The molecule has 0 atom stereocenters. The number of hydrogen-bond acceptors (Lipinski definition) is 4. The van der Waals surface area contributed by atoms with Gasteiger partial charge in [0.05, 0.1) is 10.3 Å². The largest absolute Gasteiger partial charge is 0.339 e. The van der Waals surface area contributed by atoms with E-state index in [1.165, 1.54) is 25.3 Å². The highest BCUT2D eigenvalue weighted by Crippen LogP contribution is 2.60. The van der Waals surface area contributed by atoms with E-state index in [1.54, 1.807) is 17.0 Å². The van der Waals surface area contributed by atoms with Crippen molar-refractivity contribution in [2.75, 3.05) is 32.4 Å². The minimum absolute atomic E-state index is 0.138. The predicted octanol–water partition coefficient (Wildman–Crippen LogP) is 2.90. The Hall–Kier alpha value is -1.89. The lowest BCUT2D eigenvalue weighted by Crippen LogP contribution is -2.58. The molecule has 4 saturated carbocycles. The molecule has 5 fully saturated rings. The summed E-state index contributed by atoms with van der Waals surface area (Å²) in [7, 11) is -3.37. The molecule has 0 N–H and O–H groups in total. The van der Waals surface area contributed by atoms with Gasteiger partial charge in [0.2, 0.25) is 5.91 Å². The highest BCUT2D eigenvalue weighted by atomic mass is 32.2. The monoisotopic (exact) mass is 444 g/mol. The molecule has 168 valence electrons. The first kappa shape index (κ1) is 21.0. The molecule has 0 radical (unpaired) electrons. The van der Waals surface area contributed by atoms with Crippen LogP contribution in [0.4, 0.5) is 0 Å². The van der Waals surface area contributed by atoms with Gasteiger partial charge in [-0.15, -0.1) is 0 Å². The summed E-state index contributed by atoms with van der Waals surface area (Å²) in [6.45, 7) is 3.96. The van der Waals surface area contributed by atoms with Gasteiger partial charge in [0.15, 0.2) is 9.84 Å². The number of benzene rings is 1. The molecule has 0 spiro atoms. The average Bonchev–Trinajstić information content (AvgIpc) is 2.71. The first-order valence-corrected chi connectivity index (χ1v) is 13.4. The van der Waals surface area contributed by atoms with Crippen molar-refractivity contribution in [3.8, 4) is 0 Å². The fourth-order valence-electron chi connectivity index (χ4n) is 7.05. The molecule has 0 unspecified atom stereocenters. The maximum Gasteiger partial charge on any atom is 0.254 e. The highest BCUT2D eigenvalue weighted by molar-refractivity contribution is 7.90. The van der Waals surface area contributed by atoms with E-state index in [9.17, 15) is 18.0 Å². The first-order chi connectivity index (χ1) is 14.6. The van der Waals surface area contributed by atoms with E-state index >= 15 is 0 Å². The molecule has 1 saturated heterocycles. The molecule has 6 rings (SSSR count). The van der Waals surface area contributed by atoms with Crippen LogP contribution in [0.15, 0.2) is 23.1 Å². The van der Waals surface area contributed by atoms with Crippen LogP contribution in [0.25, 0.3) is 0 Å². The van der Waals surface area contributed by atoms with E-state index in [4.69, 9.17) is 0 Å². The maximum absolute atomic E-state index is 13.6. The van der Waals surface area contributed by atoms with E-state index in [1.807, 2.05) is 11.8 Å². The smallest absolute Gasteiger partial charge is 0.254 e. The summed E-state index contributed by atoms with van der Waals surface area (Å²) in [4.78, 5) is 30.6. The van der Waals surface area contributed by atoms with E-state index < -0.39 is 9.84 Å². The summed E-state index contributed by atoms with van der Waals surface area (Å²) < 4.78 is 23.8. The molecular weight excluding hydrogens is 412 g/mol. The molecule has 31 heavy (non-hydrogen) atoms. The van der Waals surface area contributed by atoms with Crippen LogP contribution in [-0.4, -0.2) is 62.5 Å². The zero-order chi connectivity index (χ0) is 22.0. The summed E-state index contributed by atoms with van der Waals surface area (Å²) in [6, 6.07) is 4.72. The maximum atomic E-state index is 13.6. The fraction of sp³-hybridized carbons (Fsp3) is 0.667. The van der Waals surface area contributed by atoms with Crippen LogP contribution in [-0.2, 0) is 14.6 Å². The van der Waals surface area contributed by atoms with Gasteiger partial charge in [-0.1, -0.05) is 6.07 Å². The molecular formula is C24H32N2O4S. The molecule has 1 aliphatic heterocycles. The normalized spacial score (nSPS) is 32.4. The average molecular weight is 445 g/mol. The second-order valence-corrected chi connectivity index (χ2v) is 12.5. The van der Waals surface area contributed by atoms with Gasteiger partial charge < -0.3 is 9.80 Å². The van der Waals surface area contributed by atoms with Crippen LogP contribution in [0.1, 0.15) is 54.4 Å². The van der Waals surface area contributed by atoms with Crippen molar-refractivity contribution in [3.63, 3.8) is 0 Å². The van der Waals surface area contributed by atoms with Gasteiger partial charge in [-0.05, 0) is 80.9 Å². The SMILES string of the molecule is Cc1ccc(S(C)(=O)=O)cc1C(=O)N1CCN(C(=O)C23CC4CC(CC(C4)C2)C3)CC1. The van der Waals surface area contributed by atoms with Gasteiger partial charge in [-0.2, -0.15) is 0 Å².